The van der Waals surface area contributed by atoms with Gasteiger partial charge in [0.2, 0.25) is 0 Å². The zero-order valence-electron chi connectivity index (χ0n) is 10.7. The summed E-state index contributed by atoms with van der Waals surface area (Å²) < 4.78 is 0.746. The number of carbonyl (C=O) groups is 1. The predicted octanol–water partition coefficient (Wildman–Crippen LogP) is 1.80. The van der Waals surface area contributed by atoms with Crippen LogP contribution in [0.1, 0.15) is 36.0 Å². The number of rotatable bonds is 4. The number of hydrogen-bond acceptors (Lipinski definition) is 4. The van der Waals surface area contributed by atoms with Gasteiger partial charge in [-0.2, -0.15) is 0 Å². The van der Waals surface area contributed by atoms with E-state index in [-0.39, 0.29) is 24.4 Å². The molecule has 1 aromatic rings. The highest BCUT2D eigenvalue weighted by Crippen LogP contribution is 2.25. The molecule has 6 heteroatoms. The van der Waals surface area contributed by atoms with Gasteiger partial charge in [0.15, 0.2) is 0 Å². The van der Waals surface area contributed by atoms with Gasteiger partial charge in [0.1, 0.15) is 5.82 Å². The van der Waals surface area contributed by atoms with E-state index in [4.69, 9.17) is 10.8 Å². The summed E-state index contributed by atoms with van der Waals surface area (Å²) in [4.78, 5) is 18.4. The number of hydrogen-bond donors (Lipinski definition) is 2. The molecule has 0 bridgehead atoms. The van der Waals surface area contributed by atoms with E-state index in [1.54, 1.807) is 12.3 Å². The Balaban J connectivity index is 2.16. The van der Waals surface area contributed by atoms with Crippen molar-refractivity contribution >= 4 is 27.7 Å². The molecule has 0 aromatic carbocycles. The summed E-state index contributed by atoms with van der Waals surface area (Å²) in [7, 11) is 0. The molecule has 19 heavy (non-hydrogen) atoms. The van der Waals surface area contributed by atoms with Gasteiger partial charge in [-0.15, -0.1) is 0 Å². The average molecular weight is 328 g/mol. The van der Waals surface area contributed by atoms with Gasteiger partial charge in [0, 0.05) is 29.9 Å². The number of pyridine rings is 1. The van der Waals surface area contributed by atoms with Crippen molar-refractivity contribution in [3.8, 4) is 0 Å². The van der Waals surface area contributed by atoms with E-state index < -0.39 is 0 Å². The molecule has 0 radical (unpaired) electrons. The number of aromatic nitrogens is 1. The van der Waals surface area contributed by atoms with Crippen LogP contribution < -0.4 is 5.73 Å². The second-order valence-corrected chi connectivity index (χ2v) is 5.66. The summed E-state index contributed by atoms with van der Waals surface area (Å²) in [6.45, 7) is 0.917. The van der Waals surface area contributed by atoms with Gasteiger partial charge in [-0.1, -0.05) is 0 Å². The van der Waals surface area contributed by atoms with E-state index >= 15 is 0 Å². The molecule has 1 saturated heterocycles. The summed E-state index contributed by atoms with van der Waals surface area (Å²) in [5.41, 5.74) is 6.23. The number of likely N-dealkylation sites (tertiary alicyclic amines) is 1. The van der Waals surface area contributed by atoms with Crippen LogP contribution in [0.15, 0.2) is 16.7 Å². The molecule has 1 atom stereocenters. The minimum absolute atomic E-state index is 0.0632. The van der Waals surface area contributed by atoms with Crippen LogP contribution in [-0.4, -0.2) is 40.1 Å². The lowest BCUT2D eigenvalue weighted by Crippen LogP contribution is -2.36. The van der Waals surface area contributed by atoms with E-state index in [9.17, 15) is 4.79 Å². The van der Waals surface area contributed by atoms with Crippen molar-refractivity contribution in [2.75, 3.05) is 18.9 Å². The molecule has 1 aliphatic rings. The second kappa shape index (κ2) is 6.34. The van der Waals surface area contributed by atoms with Gasteiger partial charge in [-0.05, 0) is 47.7 Å². The van der Waals surface area contributed by atoms with Crippen LogP contribution in [0, 0.1) is 0 Å². The second-order valence-electron chi connectivity index (χ2n) is 4.75. The molecule has 1 amide bonds. The minimum atomic E-state index is -0.0632. The van der Waals surface area contributed by atoms with Crippen LogP contribution in [0.4, 0.5) is 5.82 Å². The van der Waals surface area contributed by atoms with Crippen molar-refractivity contribution < 1.29 is 9.90 Å². The number of aliphatic hydroxyl groups is 1. The molecule has 3 N–H and O–H groups in total. The number of aliphatic hydroxyl groups excluding tert-OH is 1. The number of amides is 1. The summed E-state index contributed by atoms with van der Waals surface area (Å²) >= 11 is 3.31. The molecule has 1 aliphatic heterocycles. The minimum Gasteiger partial charge on any atom is -0.396 e. The quantitative estimate of drug-likeness (QED) is 0.883. The highest BCUT2D eigenvalue weighted by molar-refractivity contribution is 9.10. The molecule has 1 fully saturated rings. The Morgan fingerprint density at radius 1 is 1.63 bits per heavy atom. The van der Waals surface area contributed by atoms with Crippen molar-refractivity contribution in [3.63, 3.8) is 0 Å². The Hall–Kier alpha value is -1.14. The number of nitrogens with zero attached hydrogens (tertiary/aromatic N) is 2. The van der Waals surface area contributed by atoms with Crippen LogP contribution in [0.2, 0.25) is 0 Å². The number of anilines is 1. The Bertz CT molecular complexity index is 467. The lowest BCUT2D eigenvalue weighted by Gasteiger charge is -2.25. The van der Waals surface area contributed by atoms with Crippen LogP contribution in [0.5, 0.6) is 0 Å². The van der Waals surface area contributed by atoms with E-state index in [0.29, 0.717) is 5.56 Å². The van der Waals surface area contributed by atoms with Crippen LogP contribution in [-0.2, 0) is 0 Å². The average Bonchev–Trinajstić information content (AvgIpc) is 2.86. The highest BCUT2D eigenvalue weighted by Gasteiger charge is 2.30. The van der Waals surface area contributed by atoms with Crippen LogP contribution >= 0.6 is 15.9 Å². The number of halogens is 1. The summed E-state index contributed by atoms with van der Waals surface area (Å²) in [6.07, 6.45) is 5.14. The maximum Gasteiger partial charge on any atom is 0.257 e. The zero-order chi connectivity index (χ0) is 13.8. The molecule has 2 rings (SSSR count). The Kier molecular flexibility index (Phi) is 4.76. The Labute approximate surface area is 120 Å². The molecule has 104 valence electrons. The normalized spacial score (nSPS) is 18.8. The first-order valence-electron chi connectivity index (χ1n) is 6.46. The van der Waals surface area contributed by atoms with Gasteiger partial charge in [0.25, 0.3) is 5.91 Å². The fourth-order valence-electron chi connectivity index (χ4n) is 2.51. The number of nitrogen functional groups attached to an aromatic ring is 1. The smallest absolute Gasteiger partial charge is 0.257 e. The highest BCUT2D eigenvalue weighted by atomic mass is 79.9. The molecule has 0 saturated carbocycles. The van der Waals surface area contributed by atoms with Gasteiger partial charge in [0.05, 0.1) is 5.56 Å². The van der Waals surface area contributed by atoms with E-state index in [0.717, 1.165) is 36.7 Å². The molecular weight excluding hydrogens is 310 g/mol. The molecule has 0 aliphatic carbocycles. The molecule has 0 spiro atoms. The monoisotopic (exact) mass is 327 g/mol. The van der Waals surface area contributed by atoms with Crippen molar-refractivity contribution in [3.05, 3.63) is 22.3 Å². The Morgan fingerprint density at radius 2 is 2.42 bits per heavy atom. The summed E-state index contributed by atoms with van der Waals surface area (Å²) in [5, 5.41) is 8.91. The van der Waals surface area contributed by atoms with Crippen LogP contribution in [0.3, 0.4) is 0 Å². The van der Waals surface area contributed by atoms with Crippen LogP contribution in [0.25, 0.3) is 0 Å². The first kappa shape index (κ1) is 14.3. The van der Waals surface area contributed by atoms with Crippen molar-refractivity contribution in [1.29, 1.82) is 0 Å². The van der Waals surface area contributed by atoms with Crippen molar-refractivity contribution in [2.24, 2.45) is 0 Å². The van der Waals surface area contributed by atoms with Gasteiger partial charge in [-0.3, -0.25) is 4.79 Å². The largest absolute Gasteiger partial charge is 0.396 e. The maximum atomic E-state index is 12.5. The molecule has 1 unspecified atom stereocenters. The van der Waals surface area contributed by atoms with E-state index in [1.165, 1.54) is 0 Å². The molecular formula is C13H18BrN3O2. The standard InChI is InChI=1S/C13H18BrN3O2/c14-9-7-11(12(15)16-8-9)13(19)17-5-1-3-10(17)4-2-6-18/h7-8,10,18H,1-6H2,(H2,15,16). The maximum absolute atomic E-state index is 12.5. The third-order valence-electron chi connectivity index (χ3n) is 3.45. The summed E-state index contributed by atoms with van der Waals surface area (Å²) in [6, 6.07) is 1.92. The summed E-state index contributed by atoms with van der Waals surface area (Å²) in [5.74, 6) is 0.202. The Morgan fingerprint density at radius 3 is 3.16 bits per heavy atom. The molecule has 2 heterocycles. The molecule has 1 aromatic heterocycles. The van der Waals surface area contributed by atoms with Gasteiger partial charge < -0.3 is 15.7 Å². The van der Waals surface area contributed by atoms with Gasteiger partial charge >= 0.3 is 0 Å². The first-order valence-corrected chi connectivity index (χ1v) is 7.25. The molecule has 5 nitrogen and oxygen atoms in total. The van der Waals surface area contributed by atoms with E-state index in [1.807, 2.05) is 4.90 Å². The predicted molar refractivity (Wildman–Crippen MR) is 76.7 cm³/mol. The first-order chi connectivity index (χ1) is 9.13. The SMILES string of the molecule is Nc1ncc(Br)cc1C(=O)N1CCCC1CCCO. The fourth-order valence-corrected chi connectivity index (χ4v) is 2.84. The number of carbonyl (C=O) groups excluding carboxylic acids is 1. The lowest BCUT2D eigenvalue weighted by molar-refractivity contribution is 0.0725. The lowest BCUT2D eigenvalue weighted by atomic mass is 10.1. The van der Waals surface area contributed by atoms with Crippen molar-refractivity contribution in [1.82, 2.24) is 9.88 Å². The topological polar surface area (TPSA) is 79.5 Å². The fraction of sp³-hybridized carbons (Fsp3) is 0.538. The zero-order valence-corrected chi connectivity index (χ0v) is 12.3. The number of nitrogens with two attached hydrogens (primary N) is 1. The van der Waals surface area contributed by atoms with E-state index in [2.05, 4.69) is 20.9 Å². The van der Waals surface area contributed by atoms with Crippen molar-refractivity contribution in [2.45, 2.75) is 31.7 Å². The van der Waals surface area contributed by atoms with Gasteiger partial charge in [-0.25, -0.2) is 4.98 Å². The third-order valence-corrected chi connectivity index (χ3v) is 3.88. The third kappa shape index (κ3) is 3.25.